The number of carbonyl (C=O) groups excluding carboxylic acids is 1. The zero-order chi connectivity index (χ0) is 17.6. The highest BCUT2D eigenvalue weighted by atomic mass is 16.6. The molecule has 2 atom stereocenters. The molecule has 0 aromatic heterocycles. The summed E-state index contributed by atoms with van der Waals surface area (Å²) in [4.78, 5) is 23.0. The summed E-state index contributed by atoms with van der Waals surface area (Å²) in [5, 5.41) is 11.9. The minimum absolute atomic E-state index is 0.318. The van der Waals surface area contributed by atoms with E-state index in [4.69, 9.17) is 15.6 Å². The van der Waals surface area contributed by atoms with Gasteiger partial charge in [-0.2, -0.15) is 0 Å². The van der Waals surface area contributed by atoms with Crippen LogP contribution in [-0.4, -0.2) is 28.8 Å². The fourth-order valence-corrected chi connectivity index (χ4v) is 2.13. The van der Waals surface area contributed by atoms with Crippen molar-refractivity contribution in [3.63, 3.8) is 0 Å². The van der Waals surface area contributed by atoms with Crippen molar-refractivity contribution >= 4 is 17.7 Å². The van der Waals surface area contributed by atoms with E-state index < -0.39 is 23.6 Å². The van der Waals surface area contributed by atoms with Crippen molar-refractivity contribution in [2.24, 2.45) is 5.92 Å². The van der Waals surface area contributed by atoms with Gasteiger partial charge in [-0.1, -0.05) is 19.1 Å². The number of ether oxygens (including phenoxy) is 1. The van der Waals surface area contributed by atoms with Crippen molar-refractivity contribution in [1.29, 1.82) is 0 Å². The summed E-state index contributed by atoms with van der Waals surface area (Å²) in [5.74, 6) is -1.46. The normalized spacial score (nSPS) is 13.9. The number of aliphatic carboxylic acids is 1. The molecule has 0 saturated heterocycles. The van der Waals surface area contributed by atoms with Crippen molar-refractivity contribution in [2.75, 3.05) is 5.73 Å². The van der Waals surface area contributed by atoms with Gasteiger partial charge in [0, 0.05) is 11.7 Å². The second-order valence-corrected chi connectivity index (χ2v) is 6.76. The maximum absolute atomic E-state index is 12.0. The van der Waals surface area contributed by atoms with Gasteiger partial charge in [0.1, 0.15) is 5.60 Å². The molecule has 0 aliphatic carbocycles. The summed E-state index contributed by atoms with van der Waals surface area (Å²) in [6.45, 7) is 6.96. The van der Waals surface area contributed by atoms with Crippen LogP contribution in [-0.2, 0) is 16.0 Å². The molecule has 23 heavy (non-hydrogen) atoms. The van der Waals surface area contributed by atoms with Crippen LogP contribution in [0.5, 0.6) is 0 Å². The van der Waals surface area contributed by atoms with Gasteiger partial charge in [-0.3, -0.25) is 4.79 Å². The molecule has 1 rings (SSSR count). The molecule has 6 heteroatoms. The standard InChI is InChI=1S/C17H26N2O4/c1-11(15(20)21)9-14(19-16(22)23-17(2,3)4)10-12-5-7-13(18)8-6-12/h5-8,11,14H,9-10,18H2,1-4H3,(H,19,22)(H,20,21)/t11-,14+/m0/s1. The third-order valence-corrected chi connectivity index (χ3v) is 3.24. The number of hydrogen-bond donors (Lipinski definition) is 3. The molecule has 0 aliphatic rings. The summed E-state index contributed by atoms with van der Waals surface area (Å²) < 4.78 is 5.25. The maximum Gasteiger partial charge on any atom is 0.407 e. The average Bonchev–Trinajstić information content (AvgIpc) is 2.38. The first kappa shape index (κ1) is 18.8. The molecule has 0 saturated carbocycles. The number of carboxylic acids is 1. The Labute approximate surface area is 137 Å². The van der Waals surface area contributed by atoms with Crippen molar-refractivity contribution in [3.05, 3.63) is 29.8 Å². The van der Waals surface area contributed by atoms with E-state index in [-0.39, 0.29) is 6.04 Å². The smallest absolute Gasteiger partial charge is 0.407 e. The van der Waals surface area contributed by atoms with E-state index in [1.807, 2.05) is 12.1 Å². The SMILES string of the molecule is C[C@@H](C[C@H](Cc1ccc(N)cc1)NC(=O)OC(C)(C)C)C(=O)O. The lowest BCUT2D eigenvalue weighted by Gasteiger charge is -2.24. The molecular formula is C17H26N2O4. The number of hydrogen-bond acceptors (Lipinski definition) is 4. The van der Waals surface area contributed by atoms with Gasteiger partial charge in [-0.15, -0.1) is 0 Å². The number of carbonyl (C=O) groups is 2. The summed E-state index contributed by atoms with van der Waals surface area (Å²) in [5.41, 5.74) is 6.68. The minimum atomic E-state index is -0.890. The van der Waals surface area contributed by atoms with E-state index in [0.717, 1.165) is 5.56 Å². The Hall–Kier alpha value is -2.24. The van der Waals surface area contributed by atoms with Crippen molar-refractivity contribution in [1.82, 2.24) is 5.32 Å². The fourth-order valence-electron chi connectivity index (χ4n) is 2.13. The number of rotatable bonds is 6. The van der Waals surface area contributed by atoms with Gasteiger partial charge < -0.3 is 20.9 Å². The van der Waals surface area contributed by atoms with Gasteiger partial charge in [-0.25, -0.2) is 4.79 Å². The van der Waals surface area contributed by atoms with Gasteiger partial charge in [0.2, 0.25) is 0 Å². The van der Waals surface area contributed by atoms with Gasteiger partial charge in [0.05, 0.1) is 5.92 Å². The lowest BCUT2D eigenvalue weighted by Crippen LogP contribution is -2.41. The molecule has 0 aliphatic heterocycles. The minimum Gasteiger partial charge on any atom is -0.481 e. The van der Waals surface area contributed by atoms with Crippen molar-refractivity contribution in [2.45, 2.75) is 52.2 Å². The first-order chi connectivity index (χ1) is 10.6. The predicted octanol–water partition coefficient (Wildman–Crippen LogP) is 2.82. The third-order valence-electron chi connectivity index (χ3n) is 3.24. The van der Waals surface area contributed by atoms with Crippen LogP contribution < -0.4 is 11.1 Å². The van der Waals surface area contributed by atoms with Gasteiger partial charge >= 0.3 is 12.1 Å². The van der Waals surface area contributed by atoms with Gasteiger partial charge in [-0.05, 0) is 51.3 Å². The number of nitrogens with one attached hydrogen (secondary N) is 1. The summed E-state index contributed by atoms with van der Waals surface area (Å²) >= 11 is 0. The van der Waals surface area contributed by atoms with E-state index in [9.17, 15) is 9.59 Å². The van der Waals surface area contributed by atoms with Crippen LogP contribution in [0.3, 0.4) is 0 Å². The van der Waals surface area contributed by atoms with E-state index in [1.54, 1.807) is 39.8 Å². The van der Waals surface area contributed by atoms with Crippen LogP contribution in [0.1, 0.15) is 39.7 Å². The molecule has 128 valence electrons. The van der Waals surface area contributed by atoms with Crippen LogP contribution in [0.4, 0.5) is 10.5 Å². The van der Waals surface area contributed by atoms with Crippen LogP contribution in [0.2, 0.25) is 0 Å². The molecule has 1 aromatic carbocycles. The molecule has 0 fully saturated rings. The fraction of sp³-hybridized carbons (Fsp3) is 0.529. The number of alkyl carbamates (subject to hydrolysis) is 1. The number of carboxylic acid groups (broad SMARTS) is 1. The van der Waals surface area contributed by atoms with E-state index in [2.05, 4.69) is 5.32 Å². The van der Waals surface area contributed by atoms with E-state index in [0.29, 0.717) is 18.5 Å². The number of nitrogen functional groups attached to an aromatic ring is 1. The van der Waals surface area contributed by atoms with E-state index in [1.165, 1.54) is 0 Å². The molecule has 0 bridgehead atoms. The van der Waals surface area contributed by atoms with Gasteiger partial charge in [0.15, 0.2) is 0 Å². The number of anilines is 1. The Bertz CT molecular complexity index is 535. The zero-order valence-corrected chi connectivity index (χ0v) is 14.1. The molecule has 1 amide bonds. The Morgan fingerprint density at radius 3 is 2.30 bits per heavy atom. The number of amides is 1. The van der Waals surface area contributed by atoms with Crippen LogP contribution >= 0.6 is 0 Å². The van der Waals surface area contributed by atoms with Crippen LogP contribution in [0.25, 0.3) is 0 Å². The molecule has 0 unspecified atom stereocenters. The predicted molar refractivity (Wildman–Crippen MR) is 89.1 cm³/mol. The number of benzene rings is 1. The topological polar surface area (TPSA) is 102 Å². The van der Waals surface area contributed by atoms with Crippen molar-refractivity contribution in [3.8, 4) is 0 Å². The molecule has 0 spiro atoms. The molecule has 4 N–H and O–H groups in total. The Morgan fingerprint density at radius 2 is 1.83 bits per heavy atom. The largest absolute Gasteiger partial charge is 0.481 e. The van der Waals surface area contributed by atoms with Crippen LogP contribution in [0, 0.1) is 5.92 Å². The Balaban J connectivity index is 2.77. The lowest BCUT2D eigenvalue weighted by atomic mass is 9.96. The van der Waals surface area contributed by atoms with Crippen molar-refractivity contribution < 1.29 is 19.4 Å². The maximum atomic E-state index is 12.0. The molecule has 1 aromatic rings. The monoisotopic (exact) mass is 322 g/mol. The summed E-state index contributed by atoms with van der Waals surface area (Å²) in [6.07, 6.45) is 0.284. The molecule has 0 heterocycles. The quantitative estimate of drug-likeness (QED) is 0.699. The molecule has 6 nitrogen and oxygen atoms in total. The lowest BCUT2D eigenvalue weighted by molar-refractivity contribution is -0.141. The highest BCUT2D eigenvalue weighted by Crippen LogP contribution is 2.15. The van der Waals surface area contributed by atoms with Gasteiger partial charge in [0.25, 0.3) is 0 Å². The number of nitrogens with two attached hydrogens (primary N) is 1. The first-order valence-electron chi connectivity index (χ1n) is 7.63. The highest BCUT2D eigenvalue weighted by molar-refractivity contribution is 5.70. The Morgan fingerprint density at radius 1 is 1.26 bits per heavy atom. The Kier molecular flexibility index (Phi) is 6.42. The average molecular weight is 322 g/mol. The van der Waals surface area contributed by atoms with E-state index >= 15 is 0 Å². The summed E-state index contributed by atoms with van der Waals surface area (Å²) in [7, 11) is 0. The molecule has 0 radical (unpaired) electrons. The highest BCUT2D eigenvalue weighted by Gasteiger charge is 2.23. The second kappa shape index (κ2) is 7.85. The first-order valence-corrected chi connectivity index (χ1v) is 7.63. The molecular weight excluding hydrogens is 296 g/mol. The second-order valence-electron chi connectivity index (χ2n) is 6.76. The zero-order valence-electron chi connectivity index (χ0n) is 14.1. The van der Waals surface area contributed by atoms with Crippen LogP contribution in [0.15, 0.2) is 24.3 Å². The summed E-state index contributed by atoms with van der Waals surface area (Å²) in [6, 6.07) is 6.95. The third kappa shape index (κ3) is 7.54.